The Bertz CT molecular complexity index is 989. The average Bonchev–Trinajstić information content (AvgIpc) is 3.25. The molecule has 1 N–H and O–H groups in total. The van der Waals surface area contributed by atoms with Crippen LogP contribution in [0.15, 0.2) is 52.1 Å². The van der Waals surface area contributed by atoms with E-state index in [9.17, 15) is 0 Å². The van der Waals surface area contributed by atoms with E-state index in [1.54, 1.807) is 13.2 Å². The van der Waals surface area contributed by atoms with E-state index in [0.29, 0.717) is 29.5 Å². The third-order valence-electron chi connectivity index (χ3n) is 4.74. The van der Waals surface area contributed by atoms with E-state index in [4.69, 9.17) is 59.3 Å². The summed E-state index contributed by atoms with van der Waals surface area (Å²) in [5.74, 6) is 1.84. The third-order valence-corrected chi connectivity index (χ3v) is 5.33. The van der Waals surface area contributed by atoms with Gasteiger partial charge in [-0.05, 0) is 54.8 Å². The van der Waals surface area contributed by atoms with Gasteiger partial charge in [0, 0.05) is 24.3 Å². The second-order valence-corrected chi connectivity index (χ2v) is 8.38. The van der Waals surface area contributed by atoms with Crippen LogP contribution in [0.4, 0.5) is 0 Å². The molecule has 3 rings (SSSR count). The predicted octanol–water partition coefficient (Wildman–Crippen LogP) is 6.40. The van der Waals surface area contributed by atoms with Gasteiger partial charge in [-0.1, -0.05) is 40.0 Å². The smallest absolute Gasteiger partial charge is 0.146 e. The highest BCUT2D eigenvalue weighted by Crippen LogP contribution is 2.36. The molecule has 0 aliphatic carbocycles. The Morgan fingerprint density at radius 3 is 2.66 bits per heavy atom. The van der Waals surface area contributed by atoms with Gasteiger partial charge in [0.05, 0.1) is 24.5 Å². The lowest BCUT2D eigenvalue weighted by Crippen LogP contribution is -2.11. The summed E-state index contributed by atoms with van der Waals surface area (Å²) in [6.45, 7) is 0.772. The SMILES string of the molecule is COc1c(Cl)cc(OCC=C(Cl)Cl)cc1C1=NOC(CCCOc2ccc(C=N)cc2)C1. The number of hydrogen-bond acceptors (Lipinski definition) is 6. The molecule has 1 aliphatic heterocycles. The highest BCUT2D eigenvalue weighted by atomic mass is 35.5. The van der Waals surface area contributed by atoms with Crippen molar-refractivity contribution >= 4 is 46.7 Å². The number of nitrogens with one attached hydrogen (secondary N) is 1. The molecule has 0 fully saturated rings. The zero-order chi connectivity index (χ0) is 22.9. The quantitative estimate of drug-likeness (QED) is 0.288. The molecule has 1 atom stereocenters. The highest BCUT2D eigenvalue weighted by molar-refractivity contribution is 6.55. The standard InChI is InChI=1S/C23H23Cl3N2O4/c1-29-23-19(11-18(12-20(23)24)31-10-8-22(25)26)21-13-17(32-28-21)3-2-9-30-16-6-4-15(14-27)5-7-16/h4-8,11-12,14,17,27H,2-3,9-10,13H2,1H3. The first kappa shape index (κ1) is 24.2. The Balaban J connectivity index is 1.54. The van der Waals surface area contributed by atoms with Gasteiger partial charge in [0.25, 0.3) is 0 Å². The fourth-order valence-electron chi connectivity index (χ4n) is 3.18. The summed E-state index contributed by atoms with van der Waals surface area (Å²) in [4.78, 5) is 5.62. The molecule has 2 aromatic carbocycles. The van der Waals surface area contributed by atoms with Crippen LogP contribution < -0.4 is 14.2 Å². The van der Waals surface area contributed by atoms with Crippen LogP contribution in [0.5, 0.6) is 17.2 Å². The lowest BCUT2D eigenvalue weighted by Gasteiger charge is -2.13. The monoisotopic (exact) mass is 496 g/mol. The van der Waals surface area contributed by atoms with Gasteiger partial charge in [0.1, 0.15) is 34.5 Å². The number of rotatable bonds is 11. The van der Waals surface area contributed by atoms with Crippen LogP contribution in [0.25, 0.3) is 0 Å². The highest BCUT2D eigenvalue weighted by Gasteiger charge is 2.26. The maximum Gasteiger partial charge on any atom is 0.146 e. The summed E-state index contributed by atoms with van der Waals surface area (Å²) < 4.78 is 17.0. The maximum absolute atomic E-state index is 7.23. The van der Waals surface area contributed by atoms with Crippen LogP contribution in [0.1, 0.15) is 30.4 Å². The molecule has 0 aromatic heterocycles. The molecule has 0 saturated carbocycles. The van der Waals surface area contributed by atoms with Crippen LogP contribution in [-0.2, 0) is 4.84 Å². The Morgan fingerprint density at radius 2 is 1.97 bits per heavy atom. The summed E-state index contributed by atoms with van der Waals surface area (Å²) in [6.07, 6.45) is 5.01. The van der Waals surface area contributed by atoms with Gasteiger partial charge in [-0.15, -0.1) is 0 Å². The summed E-state index contributed by atoms with van der Waals surface area (Å²) >= 11 is 17.6. The lowest BCUT2D eigenvalue weighted by molar-refractivity contribution is 0.0741. The van der Waals surface area contributed by atoms with E-state index < -0.39 is 0 Å². The minimum Gasteiger partial charge on any atom is -0.494 e. The van der Waals surface area contributed by atoms with Crippen LogP contribution in [0.2, 0.25) is 5.02 Å². The normalized spacial score (nSPS) is 14.9. The molecule has 170 valence electrons. The molecule has 0 amide bonds. The summed E-state index contributed by atoms with van der Waals surface area (Å²) in [6, 6.07) is 10.9. The number of ether oxygens (including phenoxy) is 3. The van der Waals surface area contributed by atoms with Gasteiger partial charge < -0.3 is 24.5 Å². The topological polar surface area (TPSA) is 73.1 Å². The van der Waals surface area contributed by atoms with Crippen LogP contribution >= 0.6 is 34.8 Å². The van der Waals surface area contributed by atoms with Crippen molar-refractivity contribution in [2.75, 3.05) is 20.3 Å². The zero-order valence-electron chi connectivity index (χ0n) is 17.4. The van der Waals surface area contributed by atoms with Crippen molar-refractivity contribution < 1.29 is 19.0 Å². The minimum absolute atomic E-state index is 0.0556. The van der Waals surface area contributed by atoms with Gasteiger partial charge in [0.2, 0.25) is 0 Å². The molecule has 2 aromatic rings. The van der Waals surface area contributed by atoms with Crippen molar-refractivity contribution in [2.24, 2.45) is 5.16 Å². The largest absolute Gasteiger partial charge is 0.494 e. The van der Waals surface area contributed by atoms with Gasteiger partial charge in [-0.2, -0.15) is 0 Å². The molecule has 6 nitrogen and oxygen atoms in total. The predicted molar refractivity (Wildman–Crippen MR) is 128 cm³/mol. The van der Waals surface area contributed by atoms with Crippen molar-refractivity contribution in [1.29, 1.82) is 5.41 Å². The van der Waals surface area contributed by atoms with Crippen LogP contribution in [0, 0.1) is 5.41 Å². The maximum atomic E-state index is 7.23. The molecule has 0 radical (unpaired) electrons. The molecule has 0 bridgehead atoms. The average molecular weight is 498 g/mol. The number of nitrogens with zero attached hydrogens (tertiary/aromatic N) is 1. The number of oxime groups is 1. The molecule has 32 heavy (non-hydrogen) atoms. The van der Waals surface area contributed by atoms with Crippen LogP contribution in [0.3, 0.4) is 0 Å². The van der Waals surface area contributed by atoms with Gasteiger partial charge >= 0.3 is 0 Å². The summed E-state index contributed by atoms with van der Waals surface area (Å²) in [5, 5.41) is 11.9. The van der Waals surface area contributed by atoms with Gasteiger partial charge in [-0.3, -0.25) is 0 Å². The molecule has 1 heterocycles. The van der Waals surface area contributed by atoms with Crippen molar-refractivity contribution in [1.82, 2.24) is 0 Å². The van der Waals surface area contributed by atoms with E-state index >= 15 is 0 Å². The number of hydrogen-bond donors (Lipinski definition) is 1. The molecule has 0 saturated heterocycles. The second-order valence-electron chi connectivity index (χ2n) is 6.96. The first-order chi connectivity index (χ1) is 15.5. The molecule has 0 spiro atoms. The first-order valence-corrected chi connectivity index (χ1v) is 11.1. The molecule has 1 unspecified atom stereocenters. The van der Waals surface area contributed by atoms with Crippen molar-refractivity contribution in [3.63, 3.8) is 0 Å². The van der Waals surface area contributed by atoms with E-state index in [1.807, 2.05) is 30.3 Å². The van der Waals surface area contributed by atoms with Gasteiger partial charge in [-0.25, -0.2) is 0 Å². The van der Waals surface area contributed by atoms with Crippen molar-refractivity contribution in [3.05, 3.63) is 63.1 Å². The molecular weight excluding hydrogens is 475 g/mol. The third kappa shape index (κ3) is 6.79. The van der Waals surface area contributed by atoms with Crippen LogP contribution in [-0.4, -0.2) is 38.4 Å². The fraction of sp³-hybridized carbons (Fsp3) is 0.304. The zero-order valence-corrected chi connectivity index (χ0v) is 19.7. The van der Waals surface area contributed by atoms with Gasteiger partial charge in [0.15, 0.2) is 0 Å². The number of methoxy groups -OCH3 is 1. The Kier molecular flexibility index (Phi) is 9.09. The minimum atomic E-state index is -0.0556. The van der Waals surface area contributed by atoms with Crippen molar-refractivity contribution in [2.45, 2.75) is 25.4 Å². The Hall–Kier alpha value is -2.41. The fourth-order valence-corrected chi connectivity index (χ4v) is 3.59. The summed E-state index contributed by atoms with van der Waals surface area (Å²) in [7, 11) is 1.56. The number of benzene rings is 2. The number of halogens is 3. The lowest BCUT2D eigenvalue weighted by atomic mass is 10.0. The Morgan fingerprint density at radius 1 is 1.19 bits per heavy atom. The molecule has 9 heteroatoms. The second kappa shape index (κ2) is 12.0. The van der Waals surface area contributed by atoms with E-state index in [2.05, 4.69) is 5.16 Å². The Labute approximate surface area is 202 Å². The molecule has 1 aliphatic rings. The first-order valence-electron chi connectivity index (χ1n) is 9.98. The summed E-state index contributed by atoms with van der Waals surface area (Å²) in [5.41, 5.74) is 2.31. The van der Waals surface area contributed by atoms with E-state index in [1.165, 1.54) is 12.3 Å². The molecular formula is C23H23Cl3N2O4. The van der Waals surface area contributed by atoms with E-state index in [0.717, 1.165) is 35.4 Å². The van der Waals surface area contributed by atoms with Crippen molar-refractivity contribution in [3.8, 4) is 17.2 Å². The van der Waals surface area contributed by atoms with E-state index in [-0.39, 0.29) is 17.2 Å².